The first kappa shape index (κ1) is 28.2. The summed E-state index contributed by atoms with van der Waals surface area (Å²) in [7, 11) is 0. The first-order valence-electron chi connectivity index (χ1n) is 13.3. The summed E-state index contributed by atoms with van der Waals surface area (Å²) in [6, 6.07) is 37.5. The lowest BCUT2D eigenvalue weighted by molar-refractivity contribution is -0.112. The largest absolute Gasteiger partial charge is 0.462 e. The fraction of sp³-hybridized carbons (Fsp3) is 0.0571. The average molecular weight is 572 g/mol. The number of hydrogen-bond acceptors (Lipinski definition) is 4. The number of esters is 1. The highest BCUT2D eigenvalue weighted by atomic mass is 35.5. The maximum Gasteiger partial charge on any atom is 0.338 e. The fourth-order valence-electron chi connectivity index (χ4n) is 4.62. The molecule has 0 aliphatic carbocycles. The zero-order chi connectivity index (χ0) is 29.5. The van der Waals surface area contributed by atoms with Crippen LogP contribution < -0.4 is 5.32 Å². The second-order valence-electron chi connectivity index (χ2n) is 9.30. The first-order chi connectivity index (χ1) is 20.5. The summed E-state index contributed by atoms with van der Waals surface area (Å²) < 4.78 is 7.23. The number of ether oxygens (including phenoxy) is 1. The van der Waals surface area contributed by atoms with Crippen molar-refractivity contribution in [3.63, 3.8) is 0 Å². The molecule has 0 aliphatic heterocycles. The number of amides is 1. The minimum Gasteiger partial charge on any atom is -0.462 e. The molecule has 0 atom stereocenters. The van der Waals surface area contributed by atoms with Gasteiger partial charge in [-0.2, -0.15) is 5.26 Å². The van der Waals surface area contributed by atoms with Crippen LogP contribution in [0.4, 0.5) is 5.69 Å². The molecule has 0 radical (unpaired) electrons. The third kappa shape index (κ3) is 6.17. The number of aromatic nitrogens is 1. The second-order valence-corrected chi connectivity index (χ2v) is 9.74. The number of halogens is 1. The lowest BCUT2D eigenvalue weighted by atomic mass is 10.0. The first-order valence-corrected chi connectivity index (χ1v) is 13.7. The van der Waals surface area contributed by atoms with E-state index in [1.54, 1.807) is 49.4 Å². The third-order valence-corrected chi connectivity index (χ3v) is 6.80. The van der Waals surface area contributed by atoms with Gasteiger partial charge in [0.05, 0.1) is 23.6 Å². The zero-order valence-corrected chi connectivity index (χ0v) is 23.5. The molecular formula is C35H26ClN3O3. The molecule has 206 valence electrons. The lowest BCUT2D eigenvalue weighted by Crippen LogP contribution is -2.13. The van der Waals surface area contributed by atoms with Gasteiger partial charge in [-0.3, -0.25) is 4.79 Å². The molecule has 5 aromatic rings. The van der Waals surface area contributed by atoms with Crippen LogP contribution in [0.1, 0.15) is 22.8 Å². The number of carbonyl (C=O) groups is 2. The number of rotatable bonds is 8. The molecule has 1 aromatic heterocycles. The van der Waals surface area contributed by atoms with Crippen molar-refractivity contribution in [1.29, 1.82) is 5.26 Å². The number of nitrogens with one attached hydrogen (secondary N) is 1. The molecule has 5 rings (SSSR count). The lowest BCUT2D eigenvalue weighted by Gasteiger charge is -2.15. The van der Waals surface area contributed by atoms with Gasteiger partial charge in [0.15, 0.2) is 0 Å². The van der Waals surface area contributed by atoms with E-state index in [1.165, 1.54) is 0 Å². The van der Waals surface area contributed by atoms with Crippen LogP contribution in [0.5, 0.6) is 0 Å². The van der Waals surface area contributed by atoms with Gasteiger partial charge in [-0.1, -0.05) is 72.3 Å². The molecule has 4 aromatic carbocycles. The molecule has 1 N–H and O–H groups in total. The molecule has 42 heavy (non-hydrogen) atoms. The Morgan fingerprint density at radius 2 is 1.50 bits per heavy atom. The number of hydrogen-bond donors (Lipinski definition) is 1. The summed E-state index contributed by atoms with van der Waals surface area (Å²) in [5.41, 5.74) is 5.84. The molecule has 0 bridgehead atoms. The Kier molecular flexibility index (Phi) is 8.62. The van der Waals surface area contributed by atoms with Crippen LogP contribution in [0.2, 0.25) is 5.02 Å². The Hall–Kier alpha value is -5.38. The SMILES string of the molecule is CCOC(=O)c1ccc(-n2c(-c3ccccc3)cc(/C=C(\C#N)C(=O)Nc3ccc(Cl)cc3)c2-c2ccccc2)cc1. The van der Waals surface area contributed by atoms with Crippen LogP contribution >= 0.6 is 11.6 Å². The maximum absolute atomic E-state index is 13.2. The van der Waals surface area contributed by atoms with E-state index in [0.717, 1.165) is 28.2 Å². The maximum atomic E-state index is 13.2. The predicted octanol–water partition coefficient (Wildman–Crippen LogP) is 8.19. The van der Waals surface area contributed by atoms with Crippen molar-refractivity contribution in [3.05, 3.63) is 137 Å². The summed E-state index contributed by atoms with van der Waals surface area (Å²) in [6.45, 7) is 2.06. The molecule has 0 saturated heterocycles. The van der Waals surface area contributed by atoms with Crippen molar-refractivity contribution in [2.75, 3.05) is 11.9 Å². The summed E-state index contributed by atoms with van der Waals surface area (Å²) in [5.74, 6) is -0.927. The minimum absolute atomic E-state index is 0.0587. The van der Waals surface area contributed by atoms with Crippen LogP contribution in [0.3, 0.4) is 0 Å². The van der Waals surface area contributed by atoms with E-state index in [9.17, 15) is 14.9 Å². The molecule has 1 heterocycles. The van der Waals surface area contributed by atoms with E-state index in [-0.39, 0.29) is 12.2 Å². The molecule has 0 unspecified atom stereocenters. The summed E-state index contributed by atoms with van der Waals surface area (Å²) in [5, 5.41) is 13.3. The number of anilines is 1. The predicted molar refractivity (Wildman–Crippen MR) is 166 cm³/mol. The Morgan fingerprint density at radius 3 is 2.10 bits per heavy atom. The van der Waals surface area contributed by atoms with E-state index >= 15 is 0 Å². The molecular weight excluding hydrogens is 546 g/mol. The molecule has 1 amide bonds. The van der Waals surface area contributed by atoms with E-state index < -0.39 is 11.9 Å². The molecule has 0 fully saturated rings. The average Bonchev–Trinajstić information content (AvgIpc) is 3.41. The number of carbonyl (C=O) groups excluding carboxylic acids is 2. The van der Waals surface area contributed by atoms with Gasteiger partial charge in [-0.15, -0.1) is 0 Å². The van der Waals surface area contributed by atoms with Crippen molar-refractivity contribution >= 4 is 35.2 Å². The van der Waals surface area contributed by atoms with Gasteiger partial charge in [0.2, 0.25) is 0 Å². The number of nitrogens with zero attached hydrogens (tertiary/aromatic N) is 2. The van der Waals surface area contributed by atoms with E-state index in [1.807, 2.05) is 78.9 Å². The van der Waals surface area contributed by atoms with Crippen molar-refractivity contribution < 1.29 is 14.3 Å². The van der Waals surface area contributed by atoms with Crippen molar-refractivity contribution in [3.8, 4) is 34.3 Å². The van der Waals surface area contributed by atoms with Crippen LogP contribution in [0, 0.1) is 11.3 Å². The van der Waals surface area contributed by atoms with Gasteiger partial charge in [0.25, 0.3) is 5.91 Å². The van der Waals surface area contributed by atoms with Gasteiger partial charge in [-0.25, -0.2) is 4.79 Å². The normalized spacial score (nSPS) is 11.0. The Balaban J connectivity index is 1.69. The molecule has 6 nitrogen and oxygen atoms in total. The second kappa shape index (κ2) is 12.9. The fourth-order valence-corrected chi connectivity index (χ4v) is 4.74. The van der Waals surface area contributed by atoms with Gasteiger partial charge in [0, 0.05) is 22.0 Å². The summed E-state index contributed by atoms with van der Waals surface area (Å²) >= 11 is 5.98. The van der Waals surface area contributed by atoms with Gasteiger partial charge in [-0.05, 0) is 78.7 Å². The van der Waals surface area contributed by atoms with Crippen LogP contribution in [0.25, 0.3) is 34.3 Å². The zero-order valence-electron chi connectivity index (χ0n) is 22.8. The van der Waals surface area contributed by atoms with Crippen molar-refractivity contribution in [1.82, 2.24) is 4.57 Å². The summed E-state index contributed by atoms with van der Waals surface area (Å²) in [4.78, 5) is 25.5. The highest BCUT2D eigenvalue weighted by Crippen LogP contribution is 2.37. The van der Waals surface area contributed by atoms with E-state index in [2.05, 4.69) is 16.0 Å². The van der Waals surface area contributed by atoms with Gasteiger partial charge in [0.1, 0.15) is 11.6 Å². The van der Waals surface area contributed by atoms with Gasteiger partial charge >= 0.3 is 5.97 Å². The third-order valence-electron chi connectivity index (χ3n) is 6.55. The smallest absolute Gasteiger partial charge is 0.338 e. The standard InChI is InChI=1S/C35H26ClN3O3/c1-2-42-35(41)26-13-19-31(20-14-26)39-32(24-9-5-3-6-10-24)22-27(33(39)25-11-7-4-8-12-25)21-28(23-37)34(40)38-30-17-15-29(36)16-18-30/h3-22H,2H2,1H3,(H,38,40)/b28-21+. The summed E-state index contributed by atoms with van der Waals surface area (Å²) in [6.07, 6.45) is 1.60. The van der Waals surface area contributed by atoms with E-state index in [0.29, 0.717) is 21.8 Å². The van der Waals surface area contributed by atoms with Crippen molar-refractivity contribution in [2.24, 2.45) is 0 Å². The molecule has 0 spiro atoms. The molecule has 0 saturated carbocycles. The Morgan fingerprint density at radius 1 is 0.881 bits per heavy atom. The van der Waals surface area contributed by atoms with Crippen LogP contribution in [0.15, 0.2) is 121 Å². The van der Waals surface area contributed by atoms with Crippen LogP contribution in [-0.4, -0.2) is 23.1 Å². The topological polar surface area (TPSA) is 84.1 Å². The number of nitriles is 1. The monoisotopic (exact) mass is 571 g/mol. The number of benzene rings is 4. The Bertz CT molecular complexity index is 1790. The quantitative estimate of drug-likeness (QED) is 0.116. The highest BCUT2D eigenvalue weighted by Gasteiger charge is 2.21. The minimum atomic E-state index is -0.536. The Labute approximate surface area is 249 Å². The van der Waals surface area contributed by atoms with Crippen LogP contribution in [-0.2, 0) is 9.53 Å². The highest BCUT2D eigenvalue weighted by molar-refractivity contribution is 6.30. The van der Waals surface area contributed by atoms with E-state index in [4.69, 9.17) is 16.3 Å². The molecule has 0 aliphatic rings. The van der Waals surface area contributed by atoms with Crippen molar-refractivity contribution in [2.45, 2.75) is 6.92 Å². The van der Waals surface area contributed by atoms with Gasteiger partial charge < -0.3 is 14.6 Å². The molecule has 7 heteroatoms.